The maximum Gasteiger partial charge on any atom is 0.203 e. The molecule has 1 N–H and O–H groups in total. The average molecular weight is 587 g/mol. The summed E-state index contributed by atoms with van der Waals surface area (Å²) in [7, 11) is 0. The van der Waals surface area contributed by atoms with Crippen molar-refractivity contribution in [2.45, 2.75) is 32.4 Å². The topological polar surface area (TPSA) is 46.2 Å². The molecule has 1 aliphatic rings. The predicted octanol–water partition coefficient (Wildman–Crippen LogP) is 7.75. The Bertz CT molecular complexity index is 1740. The molecule has 1 fully saturated rings. The molecule has 0 aliphatic carbocycles. The third-order valence-electron chi connectivity index (χ3n) is 7.98. The number of benzene rings is 4. The lowest BCUT2D eigenvalue weighted by Crippen LogP contribution is -2.30. The number of ether oxygens (including phenoxy) is 1. The molecular formula is C34H33ClF2N4O. The summed E-state index contributed by atoms with van der Waals surface area (Å²) >= 11 is 6.52. The zero-order valence-corrected chi connectivity index (χ0v) is 24.1. The monoisotopic (exact) mass is 586 g/mol. The zero-order chi connectivity index (χ0) is 29.1. The van der Waals surface area contributed by atoms with Crippen molar-refractivity contribution in [1.82, 2.24) is 14.0 Å². The first-order valence-corrected chi connectivity index (χ1v) is 14.8. The minimum Gasteiger partial charge on any atom is -0.492 e. The van der Waals surface area contributed by atoms with E-state index in [9.17, 15) is 8.78 Å². The van der Waals surface area contributed by atoms with Crippen LogP contribution in [0.5, 0.6) is 5.75 Å². The van der Waals surface area contributed by atoms with Crippen molar-refractivity contribution in [3.63, 3.8) is 0 Å². The van der Waals surface area contributed by atoms with Crippen molar-refractivity contribution in [3.05, 3.63) is 107 Å². The Hall–Kier alpha value is -3.94. The van der Waals surface area contributed by atoms with Crippen LogP contribution in [-0.2, 0) is 13.1 Å². The fourth-order valence-electron chi connectivity index (χ4n) is 5.71. The van der Waals surface area contributed by atoms with Gasteiger partial charge in [0.05, 0.1) is 22.7 Å². The Morgan fingerprint density at radius 1 is 0.667 bits per heavy atom. The standard InChI is InChI=1S/C34H33ClF2N4O/c35-30-22-26(24-4-10-28(36)11-5-24)9-15-33(30)42-21-3-18-40-32-23-27(25-6-12-29(37)13-7-25)8-14-31(32)41(34(40)38)20-19-39-16-1-2-17-39/h4-15,22-23,38H,1-3,16-21H2. The van der Waals surface area contributed by atoms with Gasteiger partial charge >= 0.3 is 0 Å². The summed E-state index contributed by atoms with van der Waals surface area (Å²) in [6.07, 6.45) is 3.15. The number of nitrogens with one attached hydrogen (secondary N) is 1. The van der Waals surface area contributed by atoms with Gasteiger partial charge in [0.25, 0.3) is 0 Å². The molecule has 42 heavy (non-hydrogen) atoms. The minimum atomic E-state index is -0.278. The summed E-state index contributed by atoms with van der Waals surface area (Å²) in [6, 6.07) is 24.6. The fraction of sp³-hybridized carbons (Fsp3) is 0.265. The van der Waals surface area contributed by atoms with E-state index in [-0.39, 0.29) is 11.6 Å². The van der Waals surface area contributed by atoms with Crippen molar-refractivity contribution in [3.8, 4) is 28.0 Å². The van der Waals surface area contributed by atoms with E-state index in [0.29, 0.717) is 36.0 Å². The molecule has 0 bridgehead atoms. The van der Waals surface area contributed by atoms with E-state index in [1.165, 1.54) is 37.1 Å². The number of aryl methyl sites for hydroxylation is 1. The number of hydrogen-bond acceptors (Lipinski definition) is 3. The molecule has 0 radical (unpaired) electrons. The van der Waals surface area contributed by atoms with E-state index in [4.69, 9.17) is 21.7 Å². The summed E-state index contributed by atoms with van der Waals surface area (Å²) in [4.78, 5) is 2.46. The molecule has 216 valence electrons. The van der Waals surface area contributed by atoms with E-state index in [0.717, 1.165) is 59.5 Å². The van der Waals surface area contributed by atoms with Crippen LogP contribution in [0.25, 0.3) is 33.3 Å². The van der Waals surface area contributed by atoms with Crippen LogP contribution in [0.3, 0.4) is 0 Å². The van der Waals surface area contributed by atoms with E-state index in [1.807, 2.05) is 28.8 Å². The second kappa shape index (κ2) is 12.5. The number of aromatic nitrogens is 2. The molecule has 5 nitrogen and oxygen atoms in total. The maximum absolute atomic E-state index is 13.6. The van der Waals surface area contributed by atoms with Crippen LogP contribution in [-0.4, -0.2) is 40.3 Å². The third-order valence-corrected chi connectivity index (χ3v) is 8.27. The highest BCUT2D eigenvalue weighted by Gasteiger charge is 2.16. The van der Waals surface area contributed by atoms with Crippen LogP contribution >= 0.6 is 11.6 Å². The van der Waals surface area contributed by atoms with Gasteiger partial charge in [0.15, 0.2) is 0 Å². The maximum atomic E-state index is 13.6. The van der Waals surface area contributed by atoms with Crippen molar-refractivity contribution in [2.24, 2.45) is 0 Å². The molecule has 0 unspecified atom stereocenters. The molecule has 6 rings (SSSR count). The van der Waals surface area contributed by atoms with Crippen molar-refractivity contribution in [1.29, 1.82) is 5.41 Å². The minimum absolute atomic E-state index is 0.262. The van der Waals surface area contributed by atoms with E-state index in [2.05, 4.69) is 21.6 Å². The normalized spacial score (nSPS) is 13.7. The number of nitrogens with zero attached hydrogens (tertiary/aromatic N) is 3. The summed E-state index contributed by atoms with van der Waals surface area (Å²) in [5.41, 5.74) is 6.14. The van der Waals surface area contributed by atoms with Gasteiger partial charge in [-0.3, -0.25) is 5.41 Å². The molecule has 5 aromatic rings. The number of imidazole rings is 1. The number of hydrogen-bond donors (Lipinski definition) is 1. The predicted molar refractivity (Wildman–Crippen MR) is 164 cm³/mol. The summed E-state index contributed by atoms with van der Waals surface area (Å²) in [6.45, 7) is 4.94. The lowest BCUT2D eigenvalue weighted by atomic mass is 10.1. The second-order valence-corrected chi connectivity index (χ2v) is 11.1. The summed E-state index contributed by atoms with van der Waals surface area (Å²) < 4.78 is 37.0. The van der Waals surface area contributed by atoms with Crippen LogP contribution in [0.4, 0.5) is 8.78 Å². The summed E-state index contributed by atoms with van der Waals surface area (Å²) in [5, 5.41) is 9.57. The average Bonchev–Trinajstić information content (AvgIpc) is 3.61. The first-order chi connectivity index (χ1) is 20.5. The van der Waals surface area contributed by atoms with E-state index in [1.54, 1.807) is 24.3 Å². The third kappa shape index (κ3) is 6.13. The largest absolute Gasteiger partial charge is 0.492 e. The van der Waals surface area contributed by atoms with Crippen LogP contribution in [0.2, 0.25) is 5.02 Å². The number of halogens is 3. The number of rotatable bonds is 10. The van der Waals surface area contributed by atoms with Gasteiger partial charge in [0, 0.05) is 19.6 Å². The van der Waals surface area contributed by atoms with Crippen molar-refractivity contribution < 1.29 is 13.5 Å². The van der Waals surface area contributed by atoms with Gasteiger partial charge in [-0.2, -0.15) is 0 Å². The molecule has 0 atom stereocenters. The van der Waals surface area contributed by atoms with Gasteiger partial charge < -0.3 is 18.8 Å². The van der Waals surface area contributed by atoms with Crippen LogP contribution in [0, 0.1) is 17.0 Å². The van der Waals surface area contributed by atoms with Gasteiger partial charge in [-0.15, -0.1) is 0 Å². The lowest BCUT2D eigenvalue weighted by molar-refractivity contribution is 0.300. The van der Waals surface area contributed by atoms with Crippen molar-refractivity contribution >= 4 is 22.6 Å². The first kappa shape index (κ1) is 28.2. The van der Waals surface area contributed by atoms with Crippen molar-refractivity contribution in [2.75, 3.05) is 26.2 Å². The van der Waals surface area contributed by atoms with Gasteiger partial charge in [0.2, 0.25) is 5.62 Å². The zero-order valence-electron chi connectivity index (χ0n) is 23.3. The Labute approximate surface area is 249 Å². The molecule has 4 aromatic carbocycles. The molecule has 1 aromatic heterocycles. The quantitative estimate of drug-likeness (QED) is 0.170. The highest BCUT2D eigenvalue weighted by Crippen LogP contribution is 2.31. The Morgan fingerprint density at radius 2 is 1.24 bits per heavy atom. The second-order valence-electron chi connectivity index (χ2n) is 10.7. The number of likely N-dealkylation sites (tertiary alicyclic amines) is 1. The van der Waals surface area contributed by atoms with Crippen LogP contribution < -0.4 is 10.4 Å². The molecule has 0 spiro atoms. The van der Waals surface area contributed by atoms with E-state index >= 15 is 0 Å². The molecule has 8 heteroatoms. The highest BCUT2D eigenvalue weighted by atomic mass is 35.5. The molecular weight excluding hydrogens is 554 g/mol. The molecule has 2 heterocycles. The van der Waals surface area contributed by atoms with Gasteiger partial charge in [-0.05, 0) is 103 Å². The smallest absolute Gasteiger partial charge is 0.203 e. The Kier molecular flexibility index (Phi) is 8.40. The molecule has 1 aliphatic heterocycles. The highest BCUT2D eigenvalue weighted by molar-refractivity contribution is 6.32. The van der Waals surface area contributed by atoms with E-state index < -0.39 is 0 Å². The van der Waals surface area contributed by atoms with Crippen LogP contribution in [0.1, 0.15) is 19.3 Å². The van der Waals surface area contributed by atoms with Gasteiger partial charge in [-0.1, -0.05) is 48.0 Å². The van der Waals surface area contributed by atoms with Crippen LogP contribution in [0.15, 0.2) is 84.9 Å². The Balaban J connectivity index is 1.20. The SMILES string of the molecule is N=c1n(CCCOc2ccc(-c3ccc(F)cc3)cc2Cl)c2cc(-c3ccc(F)cc3)ccc2n1CCN1CCCC1. The summed E-state index contributed by atoms with van der Waals surface area (Å²) in [5.74, 6) is 0.0479. The van der Waals surface area contributed by atoms with Gasteiger partial charge in [-0.25, -0.2) is 8.78 Å². The molecule has 0 saturated carbocycles. The molecule has 0 amide bonds. The first-order valence-electron chi connectivity index (χ1n) is 14.4. The molecule has 1 saturated heterocycles. The lowest BCUT2D eigenvalue weighted by Gasteiger charge is -2.15. The Morgan fingerprint density at radius 3 is 1.88 bits per heavy atom. The number of fused-ring (bicyclic) bond motifs is 1. The van der Waals surface area contributed by atoms with Gasteiger partial charge in [0.1, 0.15) is 17.4 Å². The fourth-order valence-corrected chi connectivity index (χ4v) is 5.94.